The Kier molecular flexibility index (Phi) is 6.07. The molecule has 1 atom stereocenters. The summed E-state index contributed by atoms with van der Waals surface area (Å²) in [4.78, 5) is 25.8. The number of amides is 1. The molecular formula is C22H26N6O4S. The van der Waals surface area contributed by atoms with E-state index in [2.05, 4.69) is 25.4 Å². The van der Waals surface area contributed by atoms with Crippen LogP contribution < -0.4 is 5.32 Å². The molecule has 1 saturated carbocycles. The van der Waals surface area contributed by atoms with Crippen molar-refractivity contribution in [2.45, 2.75) is 54.7 Å². The van der Waals surface area contributed by atoms with Crippen molar-refractivity contribution in [2.24, 2.45) is 5.92 Å². The highest BCUT2D eigenvalue weighted by atomic mass is 32.2. The Hall–Kier alpha value is -2.92. The number of pyridine rings is 1. The van der Waals surface area contributed by atoms with Crippen LogP contribution in [0.5, 0.6) is 0 Å². The first-order valence-corrected chi connectivity index (χ1v) is 12.8. The fourth-order valence-electron chi connectivity index (χ4n) is 4.33. The minimum absolute atomic E-state index is 0.186. The largest absolute Gasteiger partial charge is 0.381 e. The van der Waals surface area contributed by atoms with Crippen LogP contribution in [0.1, 0.15) is 44.6 Å². The fourth-order valence-corrected chi connectivity index (χ4v) is 6.12. The predicted molar refractivity (Wildman–Crippen MR) is 120 cm³/mol. The number of fused-ring (bicyclic) bond motifs is 1. The molecule has 1 N–H and O–H groups in total. The van der Waals surface area contributed by atoms with E-state index >= 15 is 0 Å². The topological polar surface area (TPSA) is 129 Å². The number of rotatable bonds is 8. The third-order valence-electron chi connectivity index (χ3n) is 6.36. The molecule has 0 aromatic carbocycles. The summed E-state index contributed by atoms with van der Waals surface area (Å²) in [7, 11) is -3.45. The van der Waals surface area contributed by atoms with Gasteiger partial charge in [-0.05, 0) is 44.4 Å². The van der Waals surface area contributed by atoms with E-state index < -0.39 is 15.9 Å². The Morgan fingerprint density at radius 2 is 1.91 bits per heavy atom. The summed E-state index contributed by atoms with van der Waals surface area (Å²) in [5, 5.41) is 7.44. The second-order valence-electron chi connectivity index (χ2n) is 8.63. The van der Waals surface area contributed by atoms with Gasteiger partial charge in [0.15, 0.2) is 15.7 Å². The zero-order chi connectivity index (χ0) is 22.8. The summed E-state index contributed by atoms with van der Waals surface area (Å²) < 4.78 is 32.9. The van der Waals surface area contributed by atoms with Crippen molar-refractivity contribution < 1.29 is 17.9 Å². The number of aromatic nitrogens is 5. The Bertz CT molecular complexity index is 1240. The molecule has 3 aromatic rings. The highest BCUT2D eigenvalue weighted by molar-refractivity contribution is 7.92. The van der Waals surface area contributed by atoms with E-state index in [9.17, 15) is 13.2 Å². The summed E-state index contributed by atoms with van der Waals surface area (Å²) in [6, 6.07) is -0.645. The van der Waals surface area contributed by atoms with E-state index in [1.807, 2.05) is 0 Å². The minimum atomic E-state index is -3.45. The summed E-state index contributed by atoms with van der Waals surface area (Å²) in [5.74, 6) is 0.546. The van der Waals surface area contributed by atoms with Crippen molar-refractivity contribution in [1.82, 2.24) is 24.7 Å². The van der Waals surface area contributed by atoms with Crippen molar-refractivity contribution in [3.8, 4) is 0 Å². The lowest BCUT2D eigenvalue weighted by Gasteiger charge is -2.24. The van der Waals surface area contributed by atoms with E-state index in [0.717, 1.165) is 32.5 Å². The molecular weight excluding hydrogens is 444 g/mol. The number of ether oxygens (including phenoxy) is 1. The van der Waals surface area contributed by atoms with E-state index in [4.69, 9.17) is 4.74 Å². The molecule has 1 saturated heterocycles. The molecule has 5 rings (SSSR count). The van der Waals surface area contributed by atoms with Gasteiger partial charge in [0, 0.05) is 37.2 Å². The van der Waals surface area contributed by atoms with Crippen LogP contribution in [0.2, 0.25) is 0 Å². The van der Waals surface area contributed by atoms with Gasteiger partial charge in [0.25, 0.3) is 0 Å². The molecule has 1 aliphatic carbocycles. The summed E-state index contributed by atoms with van der Waals surface area (Å²) >= 11 is 0. The van der Waals surface area contributed by atoms with Gasteiger partial charge in [-0.25, -0.2) is 13.4 Å². The van der Waals surface area contributed by atoms with Crippen molar-refractivity contribution in [2.75, 3.05) is 18.5 Å². The van der Waals surface area contributed by atoms with Crippen LogP contribution in [0.15, 0.2) is 42.1 Å². The lowest BCUT2D eigenvalue weighted by molar-refractivity contribution is -0.119. The third kappa shape index (κ3) is 4.60. The van der Waals surface area contributed by atoms with Crippen LogP contribution in [0.4, 0.5) is 5.82 Å². The number of carbonyl (C=O) groups excluding carboxylic acids is 1. The van der Waals surface area contributed by atoms with Crippen LogP contribution in [0.3, 0.4) is 0 Å². The molecule has 3 aromatic heterocycles. The van der Waals surface area contributed by atoms with Crippen molar-refractivity contribution in [3.63, 3.8) is 0 Å². The van der Waals surface area contributed by atoms with E-state index in [0.29, 0.717) is 41.9 Å². The molecule has 4 heterocycles. The number of nitrogens with one attached hydrogen (secondary N) is 1. The van der Waals surface area contributed by atoms with Gasteiger partial charge in [-0.3, -0.25) is 19.4 Å². The zero-order valence-corrected chi connectivity index (χ0v) is 18.9. The number of carbonyl (C=O) groups is 1. The normalized spacial score (nSPS) is 18.3. The number of anilines is 1. The SMILES string of the molecule is O=C(Nc1cnccn1)[C@H](CCC1CCOCC1)n1ncc2c(S(=O)(=O)C3CC3)cncc21. The molecule has 0 spiro atoms. The molecule has 0 radical (unpaired) electrons. The van der Waals surface area contributed by atoms with Gasteiger partial charge in [0.2, 0.25) is 5.91 Å². The van der Waals surface area contributed by atoms with Gasteiger partial charge in [-0.15, -0.1) is 0 Å². The second kappa shape index (κ2) is 9.14. The predicted octanol–water partition coefficient (Wildman–Crippen LogP) is 2.54. The molecule has 174 valence electrons. The maximum absolute atomic E-state index is 13.3. The monoisotopic (exact) mass is 470 g/mol. The molecule has 33 heavy (non-hydrogen) atoms. The van der Waals surface area contributed by atoms with Crippen LogP contribution in [-0.2, 0) is 19.4 Å². The average molecular weight is 471 g/mol. The lowest BCUT2D eigenvalue weighted by atomic mass is 9.92. The van der Waals surface area contributed by atoms with Crippen LogP contribution in [0.25, 0.3) is 10.9 Å². The number of hydrogen-bond acceptors (Lipinski definition) is 8. The molecule has 2 aliphatic rings. The highest BCUT2D eigenvalue weighted by Gasteiger charge is 2.38. The van der Waals surface area contributed by atoms with Gasteiger partial charge in [0.05, 0.1) is 34.3 Å². The molecule has 11 heteroatoms. The van der Waals surface area contributed by atoms with Crippen LogP contribution in [0, 0.1) is 5.92 Å². The Morgan fingerprint density at radius 3 is 2.64 bits per heavy atom. The van der Waals surface area contributed by atoms with E-state index in [1.54, 1.807) is 10.9 Å². The van der Waals surface area contributed by atoms with E-state index in [-0.39, 0.29) is 16.1 Å². The van der Waals surface area contributed by atoms with Crippen molar-refractivity contribution in [3.05, 3.63) is 37.2 Å². The summed E-state index contributed by atoms with van der Waals surface area (Å²) in [6.07, 6.45) is 13.7. The Balaban J connectivity index is 1.47. The first-order valence-electron chi connectivity index (χ1n) is 11.2. The van der Waals surface area contributed by atoms with Gasteiger partial charge < -0.3 is 10.1 Å². The standard InChI is InChI=1S/C22H26N6O4S/c29-22(27-21-14-23-7-8-25-21)18(4-1-15-5-9-32-10-6-15)28-19-12-24-13-20(17(19)11-26-28)33(30,31)16-2-3-16/h7-8,11-16,18H,1-6,9-10H2,(H,25,27,29)/t18-/m0/s1. The van der Waals surface area contributed by atoms with Crippen molar-refractivity contribution in [1.29, 1.82) is 0 Å². The van der Waals surface area contributed by atoms with Gasteiger partial charge in [-0.2, -0.15) is 5.10 Å². The molecule has 0 unspecified atom stereocenters. The summed E-state index contributed by atoms with van der Waals surface area (Å²) in [6.45, 7) is 1.47. The first kappa shape index (κ1) is 21.9. The highest BCUT2D eigenvalue weighted by Crippen LogP contribution is 2.37. The number of sulfone groups is 1. The van der Waals surface area contributed by atoms with Crippen LogP contribution in [-0.4, -0.2) is 57.5 Å². The number of nitrogens with zero attached hydrogens (tertiary/aromatic N) is 5. The van der Waals surface area contributed by atoms with Gasteiger partial charge in [-0.1, -0.05) is 0 Å². The smallest absolute Gasteiger partial charge is 0.250 e. The lowest BCUT2D eigenvalue weighted by Crippen LogP contribution is -2.28. The first-order chi connectivity index (χ1) is 16.0. The van der Waals surface area contributed by atoms with Crippen LogP contribution >= 0.6 is 0 Å². The fraction of sp³-hybridized carbons (Fsp3) is 0.500. The average Bonchev–Trinajstić information content (AvgIpc) is 3.62. The maximum Gasteiger partial charge on any atom is 0.250 e. The maximum atomic E-state index is 13.3. The van der Waals surface area contributed by atoms with Gasteiger partial charge in [0.1, 0.15) is 6.04 Å². The third-order valence-corrected chi connectivity index (χ3v) is 8.65. The van der Waals surface area contributed by atoms with E-state index in [1.165, 1.54) is 31.0 Å². The zero-order valence-electron chi connectivity index (χ0n) is 18.1. The van der Waals surface area contributed by atoms with Gasteiger partial charge >= 0.3 is 0 Å². The Labute approximate surface area is 191 Å². The Morgan fingerprint density at radius 1 is 1.09 bits per heavy atom. The summed E-state index contributed by atoms with van der Waals surface area (Å²) in [5.41, 5.74) is 0.531. The quantitative estimate of drug-likeness (QED) is 0.532. The molecule has 10 nitrogen and oxygen atoms in total. The number of hydrogen-bond donors (Lipinski definition) is 1. The molecule has 2 fully saturated rings. The molecule has 1 amide bonds. The van der Waals surface area contributed by atoms with Crippen molar-refractivity contribution >= 4 is 32.5 Å². The molecule has 1 aliphatic heterocycles. The second-order valence-corrected chi connectivity index (χ2v) is 10.8. The minimum Gasteiger partial charge on any atom is -0.381 e. The molecule has 0 bridgehead atoms.